The van der Waals surface area contributed by atoms with Gasteiger partial charge in [-0.15, -0.1) is 0 Å². The van der Waals surface area contributed by atoms with Crippen molar-refractivity contribution < 1.29 is 4.79 Å². The average Bonchev–Trinajstić information content (AvgIpc) is 3.04. The van der Waals surface area contributed by atoms with Crippen molar-refractivity contribution in [2.24, 2.45) is 0 Å². The number of carbonyl (C=O) groups is 1. The Morgan fingerprint density at radius 2 is 2.29 bits per heavy atom. The van der Waals surface area contributed by atoms with Crippen LogP contribution in [0.1, 0.15) is 30.7 Å². The summed E-state index contributed by atoms with van der Waals surface area (Å²) in [6.07, 6.45) is 3.83. The van der Waals surface area contributed by atoms with E-state index in [0.717, 1.165) is 12.8 Å². The summed E-state index contributed by atoms with van der Waals surface area (Å²) in [6.45, 7) is 0.371. The molecule has 0 bridgehead atoms. The highest BCUT2D eigenvalue weighted by molar-refractivity contribution is 5.76. The van der Waals surface area contributed by atoms with Crippen LogP contribution >= 0.6 is 0 Å². The lowest BCUT2D eigenvalue weighted by molar-refractivity contribution is -0.121. The zero-order chi connectivity index (χ0) is 12.3. The lowest BCUT2D eigenvalue weighted by Gasteiger charge is -2.04. The number of aryl methyl sites for hydroxylation is 1. The topological polar surface area (TPSA) is 94.5 Å². The second-order valence-corrected chi connectivity index (χ2v) is 3.95. The Kier molecular flexibility index (Phi) is 3.06. The number of hydrogen-bond acceptors (Lipinski definition) is 4. The van der Waals surface area contributed by atoms with E-state index in [0.29, 0.717) is 19.0 Å². The van der Waals surface area contributed by atoms with Crippen molar-refractivity contribution in [2.45, 2.75) is 31.8 Å². The van der Waals surface area contributed by atoms with Crippen LogP contribution in [0.4, 0.5) is 0 Å². The fourth-order valence-electron chi connectivity index (χ4n) is 1.50. The molecule has 2 rings (SSSR count). The molecule has 0 saturated heterocycles. The van der Waals surface area contributed by atoms with Gasteiger partial charge in [-0.2, -0.15) is 10.5 Å². The first kappa shape index (κ1) is 11.2. The first-order valence-electron chi connectivity index (χ1n) is 5.39. The van der Waals surface area contributed by atoms with Crippen LogP contribution in [0.15, 0.2) is 6.33 Å². The maximum absolute atomic E-state index is 11.4. The minimum Gasteiger partial charge on any atom is -0.353 e. The Bertz CT molecular complexity index is 515. The highest BCUT2D eigenvalue weighted by atomic mass is 16.1. The van der Waals surface area contributed by atoms with E-state index in [2.05, 4.69) is 10.3 Å². The third-order valence-corrected chi connectivity index (χ3v) is 2.57. The zero-order valence-electron chi connectivity index (χ0n) is 9.18. The molecule has 1 aromatic rings. The van der Waals surface area contributed by atoms with E-state index >= 15 is 0 Å². The molecule has 0 unspecified atom stereocenters. The molecule has 6 nitrogen and oxygen atoms in total. The second-order valence-electron chi connectivity index (χ2n) is 3.95. The normalized spacial score (nSPS) is 13.8. The number of nitrogens with one attached hydrogen (secondary N) is 1. The number of amides is 1. The van der Waals surface area contributed by atoms with Gasteiger partial charge < -0.3 is 9.88 Å². The van der Waals surface area contributed by atoms with Gasteiger partial charge in [-0.1, -0.05) is 0 Å². The Morgan fingerprint density at radius 3 is 2.88 bits per heavy atom. The summed E-state index contributed by atoms with van der Waals surface area (Å²) in [5.41, 5.74) is 0.321. The predicted octanol–water partition coefficient (Wildman–Crippen LogP) is 0.295. The molecule has 1 fully saturated rings. The molecule has 0 atom stereocenters. The standard InChI is InChI=1S/C11H11N5O/c12-5-9-10(6-13)16(7-14-9)4-3-11(17)15-8-1-2-8/h7-8H,1-4H2,(H,15,17). The van der Waals surface area contributed by atoms with E-state index in [4.69, 9.17) is 10.5 Å². The van der Waals surface area contributed by atoms with Crippen LogP contribution in [0.3, 0.4) is 0 Å². The predicted molar refractivity (Wildman–Crippen MR) is 57.4 cm³/mol. The first-order chi connectivity index (χ1) is 8.24. The van der Waals surface area contributed by atoms with Gasteiger partial charge in [-0.3, -0.25) is 4.79 Å². The van der Waals surface area contributed by atoms with Crippen LogP contribution in [0.25, 0.3) is 0 Å². The van der Waals surface area contributed by atoms with Crippen molar-refractivity contribution in [2.75, 3.05) is 0 Å². The van der Waals surface area contributed by atoms with Gasteiger partial charge in [-0.25, -0.2) is 4.98 Å². The highest BCUT2D eigenvalue weighted by Crippen LogP contribution is 2.18. The Labute approximate surface area is 98.5 Å². The Hall–Kier alpha value is -2.34. The molecule has 1 N–H and O–H groups in total. The van der Waals surface area contributed by atoms with Crippen LogP contribution in [-0.4, -0.2) is 21.5 Å². The molecule has 1 heterocycles. The minimum absolute atomic E-state index is 0.0244. The molecule has 1 aromatic heterocycles. The summed E-state index contributed by atoms with van der Waals surface area (Å²) >= 11 is 0. The van der Waals surface area contributed by atoms with Crippen LogP contribution in [-0.2, 0) is 11.3 Å². The quantitative estimate of drug-likeness (QED) is 0.803. The third kappa shape index (κ3) is 2.61. The van der Waals surface area contributed by atoms with Gasteiger partial charge in [0.05, 0.1) is 6.33 Å². The van der Waals surface area contributed by atoms with Gasteiger partial charge in [0.2, 0.25) is 5.91 Å². The van der Waals surface area contributed by atoms with Gasteiger partial charge in [0, 0.05) is 19.0 Å². The van der Waals surface area contributed by atoms with Crippen LogP contribution in [0.2, 0.25) is 0 Å². The molecule has 86 valence electrons. The van der Waals surface area contributed by atoms with E-state index in [1.807, 2.05) is 12.1 Å². The summed E-state index contributed by atoms with van der Waals surface area (Å²) in [7, 11) is 0. The number of nitriles is 2. The van der Waals surface area contributed by atoms with Crippen LogP contribution < -0.4 is 5.32 Å². The fourth-order valence-corrected chi connectivity index (χ4v) is 1.50. The van der Waals surface area contributed by atoms with Crippen molar-refractivity contribution in [3.63, 3.8) is 0 Å². The molecule has 1 saturated carbocycles. The molecule has 1 aliphatic rings. The van der Waals surface area contributed by atoms with Gasteiger partial charge in [0.15, 0.2) is 11.4 Å². The number of imidazole rings is 1. The number of carbonyl (C=O) groups excluding carboxylic acids is 1. The van der Waals surface area contributed by atoms with E-state index in [-0.39, 0.29) is 17.3 Å². The summed E-state index contributed by atoms with van der Waals surface area (Å²) in [5, 5.41) is 20.5. The largest absolute Gasteiger partial charge is 0.353 e. The smallest absolute Gasteiger partial charge is 0.222 e. The second kappa shape index (κ2) is 4.67. The summed E-state index contributed by atoms with van der Waals surface area (Å²) < 4.78 is 1.53. The van der Waals surface area contributed by atoms with Crippen molar-refractivity contribution >= 4 is 5.91 Å². The van der Waals surface area contributed by atoms with Crippen LogP contribution in [0.5, 0.6) is 0 Å². The molecule has 6 heteroatoms. The van der Waals surface area contributed by atoms with Crippen molar-refractivity contribution in [1.29, 1.82) is 10.5 Å². The molecule has 0 spiro atoms. The average molecular weight is 229 g/mol. The highest BCUT2D eigenvalue weighted by Gasteiger charge is 2.23. The fraction of sp³-hybridized carbons (Fsp3) is 0.455. The van der Waals surface area contributed by atoms with Gasteiger partial charge in [0.25, 0.3) is 0 Å². The van der Waals surface area contributed by atoms with Gasteiger partial charge >= 0.3 is 0 Å². The van der Waals surface area contributed by atoms with Gasteiger partial charge in [0.1, 0.15) is 12.1 Å². The molecule has 1 amide bonds. The third-order valence-electron chi connectivity index (χ3n) is 2.57. The maximum atomic E-state index is 11.4. The summed E-state index contributed by atoms with van der Waals surface area (Å²) in [4.78, 5) is 15.3. The number of nitrogens with zero attached hydrogens (tertiary/aromatic N) is 4. The maximum Gasteiger partial charge on any atom is 0.222 e. The molecule has 0 radical (unpaired) electrons. The summed E-state index contributed by atoms with van der Waals surface area (Å²) in [6, 6.07) is 4.10. The van der Waals surface area contributed by atoms with E-state index in [1.165, 1.54) is 10.9 Å². The zero-order valence-corrected chi connectivity index (χ0v) is 9.18. The van der Waals surface area contributed by atoms with Crippen molar-refractivity contribution in [3.05, 3.63) is 17.7 Å². The molecule has 0 aromatic carbocycles. The lowest BCUT2D eigenvalue weighted by atomic mass is 10.3. The van der Waals surface area contributed by atoms with Gasteiger partial charge in [-0.05, 0) is 12.8 Å². The summed E-state index contributed by atoms with van der Waals surface area (Å²) in [5.74, 6) is -0.0244. The van der Waals surface area contributed by atoms with Crippen molar-refractivity contribution in [3.8, 4) is 12.1 Å². The Balaban J connectivity index is 1.94. The number of aromatic nitrogens is 2. The lowest BCUT2D eigenvalue weighted by Crippen LogP contribution is -2.26. The van der Waals surface area contributed by atoms with Crippen molar-refractivity contribution in [1.82, 2.24) is 14.9 Å². The van der Waals surface area contributed by atoms with E-state index in [1.54, 1.807) is 0 Å². The molecular formula is C11H11N5O. The molecule has 17 heavy (non-hydrogen) atoms. The molecule has 1 aliphatic carbocycles. The van der Waals surface area contributed by atoms with E-state index < -0.39 is 0 Å². The first-order valence-corrected chi connectivity index (χ1v) is 5.39. The molecule has 0 aliphatic heterocycles. The van der Waals surface area contributed by atoms with Crippen LogP contribution in [0, 0.1) is 22.7 Å². The monoisotopic (exact) mass is 229 g/mol. The minimum atomic E-state index is -0.0244. The Morgan fingerprint density at radius 1 is 1.53 bits per heavy atom. The number of hydrogen-bond donors (Lipinski definition) is 1. The SMILES string of the molecule is N#Cc1ncn(CCC(=O)NC2CC2)c1C#N. The number of rotatable bonds is 4. The van der Waals surface area contributed by atoms with E-state index in [9.17, 15) is 4.79 Å². The molecular weight excluding hydrogens is 218 g/mol.